The zero-order valence-corrected chi connectivity index (χ0v) is 11.2. The maximum absolute atomic E-state index is 12.5. The van der Waals surface area contributed by atoms with Gasteiger partial charge in [-0.05, 0) is 36.2 Å². The van der Waals surface area contributed by atoms with Crippen LogP contribution < -0.4 is 0 Å². The predicted molar refractivity (Wildman–Crippen MR) is 72.9 cm³/mol. The monoisotopic (exact) mass is 291 g/mol. The van der Waals surface area contributed by atoms with E-state index >= 15 is 0 Å². The molecule has 6 heteroatoms. The molecule has 0 aliphatic rings. The highest BCUT2D eigenvalue weighted by Crippen LogP contribution is 2.29. The molecule has 0 radical (unpaired) electrons. The third-order valence-electron chi connectivity index (χ3n) is 3.30. The number of aryl methyl sites for hydroxylation is 1. The first kappa shape index (κ1) is 13.6. The van der Waals surface area contributed by atoms with E-state index in [1.165, 1.54) is 12.1 Å². The molecule has 0 amide bonds. The second kappa shape index (κ2) is 4.87. The number of fused-ring (bicyclic) bond motifs is 1. The molecule has 0 fully saturated rings. The number of hydrogen-bond donors (Lipinski definition) is 1. The van der Waals surface area contributed by atoms with Crippen molar-refractivity contribution < 1.29 is 13.2 Å². The Kier molecular flexibility index (Phi) is 3.16. The van der Waals surface area contributed by atoms with Crippen molar-refractivity contribution in [3.05, 3.63) is 59.0 Å². The molecular formula is C15H12F3N3. The van der Waals surface area contributed by atoms with E-state index in [2.05, 4.69) is 15.0 Å². The van der Waals surface area contributed by atoms with E-state index in [1.54, 1.807) is 6.20 Å². The van der Waals surface area contributed by atoms with E-state index in [0.29, 0.717) is 17.9 Å². The number of nitrogens with one attached hydrogen (secondary N) is 1. The molecule has 1 aromatic carbocycles. The number of pyridine rings is 1. The largest absolute Gasteiger partial charge is 0.416 e. The Labute approximate surface area is 118 Å². The van der Waals surface area contributed by atoms with Crippen LogP contribution in [0.5, 0.6) is 0 Å². The van der Waals surface area contributed by atoms with Gasteiger partial charge in [-0.2, -0.15) is 13.2 Å². The van der Waals surface area contributed by atoms with E-state index in [-0.39, 0.29) is 0 Å². The number of alkyl halides is 3. The van der Waals surface area contributed by atoms with Gasteiger partial charge in [0.2, 0.25) is 0 Å². The quantitative estimate of drug-likeness (QED) is 0.778. The van der Waals surface area contributed by atoms with Crippen molar-refractivity contribution in [3.8, 4) is 0 Å². The molecule has 0 spiro atoms. The summed E-state index contributed by atoms with van der Waals surface area (Å²) in [6.07, 6.45) is -2.19. The lowest BCUT2D eigenvalue weighted by molar-refractivity contribution is -0.137. The summed E-state index contributed by atoms with van der Waals surface area (Å²) in [5, 5.41) is 0. The second-order valence-electron chi connectivity index (χ2n) is 4.88. The van der Waals surface area contributed by atoms with E-state index in [0.717, 1.165) is 28.8 Å². The number of H-pyrrole nitrogens is 1. The van der Waals surface area contributed by atoms with Crippen LogP contribution >= 0.6 is 0 Å². The lowest BCUT2D eigenvalue weighted by Gasteiger charge is -2.06. The normalized spacial score (nSPS) is 12.0. The summed E-state index contributed by atoms with van der Waals surface area (Å²) in [6, 6.07) is 6.98. The molecule has 0 atom stereocenters. The topological polar surface area (TPSA) is 41.6 Å². The van der Waals surface area contributed by atoms with Crippen molar-refractivity contribution in [2.24, 2.45) is 0 Å². The molecule has 3 aromatic rings. The number of hydrogen-bond acceptors (Lipinski definition) is 2. The highest BCUT2D eigenvalue weighted by Gasteiger charge is 2.29. The van der Waals surface area contributed by atoms with Crippen LogP contribution in [0.3, 0.4) is 0 Å². The number of halogens is 3. The third kappa shape index (κ3) is 2.74. The third-order valence-corrected chi connectivity index (χ3v) is 3.30. The summed E-state index contributed by atoms with van der Waals surface area (Å²) in [5.74, 6) is 0.687. The van der Waals surface area contributed by atoms with Crippen LogP contribution in [-0.4, -0.2) is 15.0 Å². The van der Waals surface area contributed by atoms with Crippen molar-refractivity contribution in [1.82, 2.24) is 15.0 Å². The average molecular weight is 291 g/mol. The first-order chi connectivity index (χ1) is 9.93. The molecule has 2 heterocycles. The van der Waals surface area contributed by atoms with Gasteiger partial charge in [-0.15, -0.1) is 0 Å². The van der Waals surface area contributed by atoms with Crippen LogP contribution in [-0.2, 0) is 12.6 Å². The lowest BCUT2D eigenvalue weighted by atomic mass is 10.1. The average Bonchev–Trinajstić information content (AvgIpc) is 2.82. The molecule has 0 saturated carbocycles. The number of aromatic nitrogens is 3. The molecule has 0 saturated heterocycles. The maximum Gasteiger partial charge on any atom is 0.416 e. The smallest absolute Gasteiger partial charge is 0.340 e. The van der Waals surface area contributed by atoms with Crippen LogP contribution in [0, 0.1) is 6.92 Å². The first-order valence-corrected chi connectivity index (χ1v) is 6.40. The standard InChI is InChI=1S/C15H12F3N3/c1-9-6-7-19-14-13(9)20-12(21-14)8-10-2-4-11(5-3-10)15(16,17)18/h2-7H,8H2,1H3,(H,19,20,21). The SMILES string of the molecule is Cc1ccnc2nc(Cc3ccc(C(F)(F)F)cc3)[nH]c12. The van der Waals surface area contributed by atoms with Gasteiger partial charge in [0.1, 0.15) is 5.82 Å². The fourth-order valence-corrected chi connectivity index (χ4v) is 2.17. The molecule has 0 aliphatic carbocycles. The Hall–Kier alpha value is -2.37. The Morgan fingerprint density at radius 2 is 1.81 bits per heavy atom. The number of nitrogens with zero attached hydrogens (tertiary/aromatic N) is 2. The zero-order valence-electron chi connectivity index (χ0n) is 11.2. The minimum atomic E-state index is -4.31. The highest BCUT2D eigenvalue weighted by atomic mass is 19.4. The summed E-state index contributed by atoms with van der Waals surface area (Å²) < 4.78 is 37.5. The molecule has 3 rings (SSSR count). The molecule has 1 N–H and O–H groups in total. The molecular weight excluding hydrogens is 279 g/mol. The molecule has 2 aromatic heterocycles. The summed E-state index contributed by atoms with van der Waals surface area (Å²) in [4.78, 5) is 11.7. The van der Waals surface area contributed by atoms with Gasteiger partial charge in [0.25, 0.3) is 0 Å². The summed E-state index contributed by atoms with van der Waals surface area (Å²) >= 11 is 0. The summed E-state index contributed by atoms with van der Waals surface area (Å²) in [5.41, 5.74) is 2.63. The van der Waals surface area contributed by atoms with Gasteiger partial charge in [-0.25, -0.2) is 9.97 Å². The molecule has 21 heavy (non-hydrogen) atoms. The minimum Gasteiger partial charge on any atom is -0.340 e. The van der Waals surface area contributed by atoms with Gasteiger partial charge in [-0.3, -0.25) is 0 Å². The highest BCUT2D eigenvalue weighted by molar-refractivity contribution is 5.74. The predicted octanol–water partition coefficient (Wildman–Crippen LogP) is 3.88. The lowest BCUT2D eigenvalue weighted by Crippen LogP contribution is -2.04. The van der Waals surface area contributed by atoms with Crippen LogP contribution in [0.2, 0.25) is 0 Å². The number of aromatic amines is 1. The van der Waals surface area contributed by atoms with Gasteiger partial charge in [0.05, 0.1) is 11.1 Å². The second-order valence-corrected chi connectivity index (χ2v) is 4.88. The van der Waals surface area contributed by atoms with E-state index in [4.69, 9.17) is 0 Å². The van der Waals surface area contributed by atoms with Crippen LogP contribution in [0.4, 0.5) is 13.2 Å². The van der Waals surface area contributed by atoms with Crippen molar-refractivity contribution in [1.29, 1.82) is 0 Å². The Balaban J connectivity index is 1.87. The first-order valence-electron chi connectivity index (χ1n) is 6.40. The fraction of sp³-hybridized carbons (Fsp3) is 0.200. The summed E-state index contributed by atoms with van der Waals surface area (Å²) in [6.45, 7) is 1.95. The molecule has 0 aliphatic heterocycles. The maximum atomic E-state index is 12.5. The summed E-state index contributed by atoms with van der Waals surface area (Å²) in [7, 11) is 0. The van der Waals surface area contributed by atoms with Crippen LogP contribution in [0.1, 0.15) is 22.5 Å². The van der Waals surface area contributed by atoms with Gasteiger partial charge in [0.15, 0.2) is 5.65 Å². The molecule has 0 bridgehead atoms. The van der Waals surface area contributed by atoms with Crippen molar-refractivity contribution in [2.75, 3.05) is 0 Å². The van der Waals surface area contributed by atoms with Gasteiger partial charge in [0, 0.05) is 12.6 Å². The Bertz CT molecular complexity index is 773. The van der Waals surface area contributed by atoms with Crippen molar-refractivity contribution in [2.45, 2.75) is 19.5 Å². The minimum absolute atomic E-state index is 0.438. The van der Waals surface area contributed by atoms with Crippen molar-refractivity contribution in [3.63, 3.8) is 0 Å². The van der Waals surface area contributed by atoms with Gasteiger partial charge in [-0.1, -0.05) is 12.1 Å². The Morgan fingerprint density at radius 3 is 2.43 bits per heavy atom. The van der Waals surface area contributed by atoms with E-state index in [1.807, 2.05) is 13.0 Å². The van der Waals surface area contributed by atoms with E-state index in [9.17, 15) is 13.2 Å². The Morgan fingerprint density at radius 1 is 1.10 bits per heavy atom. The van der Waals surface area contributed by atoms with E-state index < -0.39 is 11.7 Å². The van der Waals surface area contributed by atoms with Gasteiger partial charge >= 0.3 is 6.18 Å². The molecule has 3 nitrogen and oxygen atoms in total. The molecule has 108 valence electrons. The number of rotatable bonds is 2. The fourth-order valence-electron chi connectivity index (χ4n) is 2.17. The van der Waals surface area contributed by atoms with Crippen molar-refractivity contribution >= 4 is 11.2 Å². The van der Waals surface area contributed by atoms with Crippen LogP contribution in [0.25, 0.3) is 11.2 Å². The number of imidazole rings is 1. The zero-order chi connectivity index (χ0) is 15.0. The van der Waals surface area contributed by atoms with Gasteiger partial charge < -0.3 is 4.98 Å². The number of benzene rings is 1. The molecule has 0 unspecified atom stereocenters. The van der Waals surface area contributed by atoms with Crippen LogP contribution in [0.15, 0.2) is 36.5 Å².